The molecule has 0 radical (unpaired) electrons. The molecular weight excluding hydrogens is 354 g/mol. The number of carbonyl (C=O) groups is 1. The molecule has 1 fully saturated rings. The van der Waals surface area contributed by atoms with Crippen molar-refractivity contribution in [3.63, 3.8) is 0 Å². The number of benzene rings is 2. The van der Waals surface area contributed by atoms with E-state index >= 15 is 0 Å². The van der Waals surface area contributed by atoms with Crippen LogP contribution >= 0.6 is 0 Å². The molecular formula is C22H23N3O3. The topological polar surface area (TPSA) is 68.5 Å². The van der Waals surface area contributed by atoms with Crippen molar-refractivity contribution in [2.45, 2.75) is 32.7 Å². The van der Waals surface area contributed by atoms with Gasteiger partial charge in [0.2, 0.25) is 11.7 Å². The Balaban J connectivity index is 1.58. The number of ether oxygens (including phenoxy) is 1. The molecule has 0 unspecified atom stereocenters. The number of rotatable bonds is 4. The van der Waals surface area contributed by atoms with Gasteiger partial charge in [-0.1, -0.05) is 35.0 Å². The molecule has 3 aromatic rings. The van der Waals surface area contributed by atoms with Gasteiger partial charge in [0.1, 0.15) is 11.8 Å². The molecule has 6 heteroatoms. The van der Waals surface area contributed by atoms with E-state index in [-0.39, 0.29) is 11.9 Å². The summed E-state index contributed by atoms with van der Waals surface area (Å²) in [4.78, 5) is 19.6. The summed E-state index contributed by atoms with van der Waals surface area (Å²) in [6, 6.07) is 13.3. The fraction of sp³-hybridized carbons (Fsp3) is 0.318. The highest BCUT2D eigenvalue weighted by atomic mass is 16.5. The molecule has 0 aliphatic carbocycles. The van der Waals surface area contributed by atoms with E-state index in [0.717, 1.165) is 29.7 Å². The molecule has 6 nitrogen and oxygen atoms in total. The van der Waals surface area contributed by atoms with Crippen LogP contribution in [0.3, 0.4) is 0 Å². The summed E-state index contributed by atoms with van der Waals surface area (Å²) in [6.07, 6.45) is 1.73. The summed E-state index contributed by atoms with van der Waals surface area (Å²) in [5, 5.41) is 4.13. The lowest BCUT2D eigenvalue weighted by molar-refractivity contribution is 0.0709. The van der Waals surface area contributed by atoms with Crippen molar-refractivity contribution >= 4 is 5.91 Å². The van der Waals surface area contributed by atoms with Gasteiger partial charge in [-0.05, 0) is 50.5 Å². The van der Waals surface area contributed by atoms with E-state index in [2.05, 4.69) is 10.1 Å². The lowest BCUT2D eigenvalue weighted by Gasteiger charge is -2.23. The highest BCUT2D eigenvalue weighted by Crippen LogP contribution is 2.34. The maximum Gasteiger partial charge on any atom is 0.254 e. The summed E-state index contributed by atoms with van der Waals surface area (Å²) < 4.78 is 10.8. The van der Waals surface area contributed by atoms with Crippen molar-refractivity contribution in [2.75, 3.05) is 13.7 Å². The first-order valence-corrected chi connectivity index (χ1v) is 9.43. The van der Waals surface area contributed by atoms with E-state index in [1.54, 1.807) is 7.11 Å². The number of likely N-dealkylation sites (tertiary alicyclic amines) is 1. The first-order chi connectivity index (χ1) is 13.6. The lowest BCUT2D eigenvalue weighted by atomic mass is 10.1. The van der Waals surface area contributed by atoms with E-state index in [9.17, 15) is 4.79 Å². The van der Waals surface area contributed by atoms with Crippen LogP contribution in [0.25, 0.3) is 11.4 Å². The van der Waals surface area contributed by atoms with Crippen LogP contribution in [0.2, 0.25) is 0 Å². The monoisotopic (exact) mass is 377 g/mol. The SMILES string of the molecule is COc1ccc(C(=O)N2CCC[C@H]2c2nc(-c3ccc(C)cc3)no2)c(C)c1. The Bertz CT molecular complexity index is 995. The lowest BCUT2D eigenvalue weighted by Crippen LogP contribution is -2.31. The number of hydrogen-bond acceptors (Lipinski definition) is 5. The third-order valence-electron chi connectivity index (χ3n) is 5.21. The second-order valence-corrected chi connectivity index (χ2v) is 7.16. The van der Waals surface area contributed by atoms with Crippen molar-refractivity contribution in [3.8, 4) is 17.1 Å². The Labute approximate surface area is 164 Å². The van der Waals surface area contributed by atoms with E-state index < -0.39 is 0 Å². The molecule has 1 aromatic heterocycles. The molecule has 1 amide bonds. The van der Waals surface area contributed by atoms with E-state index in [1.165, 1.54) is 5.56 Å². The molecule has 144 valence electrons. The van der Waals surface area contributed by atoms with E-state index in [4.69, 9.17) is 9.26 Å². The number of aryl methyl sites for hydroxylation is 2. The van der Waals surface area contributed by atoms with Crippen molar-refractivity contribution in [2.24, 2.45) is 0 Å². The normalized spacial score (nSPS) is 16.4. The van der Waals surface area contributed by atoms with Gasteiger partial charge in [-0.3, -0.25) is 4.79 Å². The van der Waals surface area contributed by atoms with Gasteiger partial charge >= 0.3 is 0 Å². The summed E-state index contributed by atoms with van der Waals surface area (Å²) in [7, 11) is 1.62. The van der Waals surface area contributed by atoms with Gasteiger partial charge in [0.05, 0.1) is 7.11 Å². The van der Waals surface area contributed by atoms with Crippen molar-refractivity contribution in [3.05, 3.63) is 65.0 Å². The number of nitrogens with zero attached hydrogens (tertiary/aromatic N) is 3. The van der Waals surface area contributed by atoms with Crippen LogP contribution in [0, 0.1) is 13.8 Å². The van der Waals surface area contributed by atoms with Gasteiger partial charge in [-0.25, -0.2) is 0 Å². The zero-order chi connectivity index (χ0) is 19.7. The molecule has 28 heavy (non-hydrogen) atoms. The Hall–Kier alpha value is -3.15. The van der Waals surface area contributed by atoms with Gasteiger partial charge in [-0.2, -0.15) is 4.98 Å². The maximum absolute atomic E-state index is 13.2. The van der Waals surface area contributed by atoms with Crippen molar-refractivity contribution in [1.82, 2.24) is 15.0 Å². The first kappa shape index (κ1) is 18.2. The van der Waals surface area contributed by atoms with E-state index in [1.807, 2.05) is 61.2 Å². The number of hydrogen-bond donors (Lipinski definition) is 0. The molecule has 1 aliphatic heterocycles. The Morgan fingerprint density at radius 2 is 1.96 bits per heavy atom. The summed E-state index contributed by atoms with van der Waals surface area (Å²) in [5.74, 6) is 1.77. The number of carbonyl (C=O) groups excluding carboxylic acids is 1. The zero-order valence-electron chi connectivity index (χ0n) is 16.3. The van der Waals surface area contributed by atoms with E-state index in [0.29, 0.717) is 23.8 Å². The molecule has 0 saturated carbocycles. The fourth-order valence-corrected chi connectivity index (χ4v) is 3.61. The highest BCUT2D eigenvalue weighted by molar-refractivity contribution is 5.96. The number of amides is 1. The van der Waals surface area contributed by atoms with Crippen LogP contribution in [0.4, 0.5) is 0 Å². The molecule has 1 atom stereocenters. The zero-order valence-corrected chi connectivity index (χ0v) is 16.3. The quantitative estimate of drug-likeness (QED) is 0.676. The van der Waals surface area contributed by atoms with Gasteiger partial charge < -0.3 is 14.2 Å². The summed E-state index contributed by atoms with van der Waals surface area (Å²) in [6.45, 7) is 4.63. The van der Waals surface area contributed by atoms with Crippen LogP contribution in [-0.2, 0) is 0 Å². The van der Waals surface area contributed by atoms with Crippen LogP contribution < -0.4 is 4.74 Å². The Morgan fingerprint density at radius 1 is 1.18 bits per heavy atom. The molecule has 2 heterocycles. The van der Waals surface area contributed by atoms with Crippen LogP contribution in [-0.4, -0.2) is 34.6 Å². The van der Waals surface area contributed by atoms with Gasteiger partial charge in [-0.15, -0.1) is 0 Å². The first-order valence-electron chi connectivity index (χ1n) is 9.43. The summed E-state index contributed by atoms with van der Waals surface area (Å²) >= 11 is 0. The van der Waals surface area contributed by atoms with Gasteiger partial charge in [0.15, 0.2) is 0 Å². The second kappa shape index (κ2) is 7.46. The summed E-state index contributed by atoms with van der Waals surface area (Å²) in [5.41, 5.74) is 3.64. The number of aromatic nitrogens is 2. The van der Waals surface area contributed by atoms with Crippen LogP contribution in [0.15, 0.2) is 47.0 Å². The van der Waals surface area contributed by atoms with Crippen molar-refractivity contribution in [1.29, 1.82) is 0 Å². The van der Waals surface area contributed by atoms with Crippen LogP contribution in [0.5, 0.6) is 5.75 Å². The second-order valence-electron chi connectivity index (χ2n) is 7.16. The predicted octanol–water partition coefficient (Wildman–Crippen LogP) is 4.34. The minimum absolute atomic E-state index is 0.0160. The molecule has 0 spiro atoms. The van der Waals surface area contributed by atoms with Gasteiger partial charge in [0.25, 0.3) is 5.91 Å². The standard InChI is InChI=1S/C22H23N3O3/c1-14-6-8-16(9-7-14)20-23-21(28-24-20)19-5-4-12-25(19)22(26)18-11-10-17(27-3)13-15(18)2/h6-11,13,19H,4-5,12H2,1-3H3/t19-/m0/s1. The minimum Gasteiger partial charge on any atom is -0.497 e. The molecule has 0 N–H and O–H groups in total. The largest absolute Gasteiger partial charge is 0.497 e. The maximum atomic E-state index is 13.2. The molecule has 1 saturated heterocycles. The third kappa shape index (κ3) is 3.38. The Kier molecular flexibility index (Phi) is 4.86. The molecule has 0 bridgehead atoms. The fourth-order valence-electron chi connectivity index (χ4n) is 3.61. The average molecular weight is 377 g/mol. The predicted molar refractivity (Wildman–Crippen MR) is 105 cm³/mol. The van der Waals surface area contributed by atoms with Crippen LogP contribution in [0.1, 0.15) is 46.3 Å². The minimum atomic E-state index is -0.194. The third-order valence-corrected chi connectivity index (χ3v) is 5.21. The molecule has 2 aromatic carbocycles. The molecule has 1 aliphatic rings. The highest BCUT2D eigenvalue weighted by Gasteiger charge is 2.35. The average Bonchev–Trinajstić information content (AvgIpc) is 3.37. The number of methoxy groups -OCH3 is 1. The van der Waals surface area contributed by atoms with Crippen molar-refractivity contribution < 1.29 is 14.1 Å². The Morgan fingerprint density at radius 3 is 2.68 bits per heavy atom. The molecule has 4 rings (SSSR count). The van der Waals surface area contributed by atoms with Gasteiger partial charge in [0, 0.05) is 17.7 Å². The smallest absolute Gasteiger partial charge is 0.254 e.